The van der Waals surface area contributed by atoms with Gasteiger partial charge >= 0.3 is 0 Å². The Hall–Kier alpha value is -0.310. The molecule has 0 spiro atoms. The zero-order valence-electron chi connectivity index (χ0n) is 8.09. The van der Waals surface area contributed by atoms with Gasteiger partial charge in [0.1, 0.15) is 5.78 Å². The molecule has 0 bridgehead atoms. The van der Waals surface area contributed by atoms with Gasteiger partial charge in [-0.05, 0) is 0 Å². The number of hydrogen-bond acceptors (Lipinski definition) is 3. The molecule has 0 aliphatic heterocycles. The molecule has 0 atom stereocenters. The summed E-state index contributed by atoms with van der Waals surface area (Å²) in [6, 6.07) is 0. The van der Waals surface area contributed by atoms with Crippen LogP contribution in [0.15, 0.2) is 0 Å². The molecule has 0 N–H and O–H groups in total. The van der Waals surface area contributed by atoms with Crippen molar-refractivity contribution < 1.29 is 9.59 Å². The normalized spacial score (nSPS) is 10.8. The molecule has 0 saturated carbocycles. The summed E-state index contributed by atoms with van der Waals surface area (Å²) in [6.45, 7) is 7.38. The monoisotopic (exact) mass is 188 g/mol. The lowest BCUT2D eigenvalue weighted by Gasteiger charge is -2.04. The summed E-state index contributed by atoms with van der Waals surface area (Å²) in [5.74, 6) is 0.538. The van der Waals surface area contributed by atoms with E-state index in [4.69, 9.17) is 0 Å². The van der Waals surface area contributed by atoms with E-state index in [9.17, 15) is 9.59 Å². The van der Waals surface area contributed by atoms with Crippen molar-refractivity contribution in [3.63, 3.8) is 0 Å². The van der Waals surface area contributed by atoms with Crippen molar-refractivity contribution in [2.24, 2.45) is 11.8 Å². The Morgan fingerprint density at radius 3 is 1.92 bits per heavy atom. The van der Waals surface area contributed by atoms with Crippen LogP contribution in [0.4, 0.5) is 0 Å². The molecule has 0 aliphatic carbocycles. The smallest absolute Gasteiger partial charge is 0.191 e. The van der Waals surface area contributed by atoms with Gasteiger partial charge in [-0.1, -0.05) is 39.5 Å². The number of ketones is 1. The van der Waals surface area contributed by atoms with Crippen LogP contribution in [0.5, 0.6) is 0 Å². The lowest BCUT2D eigenvalue weighted by molar-refractivity contribution is -0.119. The molecular weight excluding hydrogens is 172 g/mol. The molecule has 0 aromatic carbocycles. The van der Waals surface area contributed by atoms with Gasteiger partial charge in [-0.25, -0.2) is 0 Å². The highest BCUT2D eigenvalue weighted by atomic mass is 32.2. The maximum atomic E-state index is 11.1. The standard InChI is InChI=1S/C9H16O2S/c1-6(2)8(10)5-12-9(11)7(3)4/h6-7H,5H2,1-4H3. The number of carbonyl (C=O) groups excluding carboxylic acids is 2. The van der Waals surface area contributed by atoms with E-state index < -0.39 is 0 Å². The number of rotatable bonds is 4. The molecule has 0 saturated heterocycles. The first-order valence-corrected chi connectivity index (χ1v) is 5.13. The first kappa shape index (κ1) is 11.7. The van der Waals surface area contributed by atoms with E-state index in [2.05, 4.69) is 0 Å². The predicted molar refractivity (Wildman–Crippen MR) is 52.1 cm³/mol. The molecule has 0 amide bonds. The minimum atomic E-state index is 0.0231. The van der Waals surface area contributed by atoms with E-state index in [1.807, 2.05) is 27.7 Å². The molecular formula is C9H16O2S. The van der Waals surface area contributed by atoms with Gasteiger partial charge in [0.25, 0.3) is 0 Å². The lowest BCUT2D eigenvalue weighted by Crippen LogP contribution is -2.13. The van der Waals surface area contributed by atoms with Crippen molar-refractivity contribution in [1.82, 2.24) is 0 Å². The van der Waals surface area contributed by atoms with Crippen LogP contribution in [-0.4, -0.2) is 16.7 Å². The van der Waals surface area contributed by atoms with Gasteiger partial charge < -0.3 is 0 Å². The molecule has 0 aliphatic rings. The first-order valence-electron chi connectivity index (χ1n) is 4.14. The summed E-state index contributed by atoms with van der Waals surface area (Å²) < 4.78 is 0. The number of carbonyl (C=O) groups is 2. The van der Waals surface area contributed by atoms with Crippen LogP contribution in [0.25, 0.3) is 0 Å². The van der Waals surface area contributed by atoms with E-state index in [1.165, 1.54) is 0 Å². The average Bonchev–Trinajstić information content (AvgIpc) is 1.98. The average molecular weight is 188 g/mol. The van der Waals surface area contributed by atoms with Crippen molar-refractivity contribution in [2.75, 3.05) is 5.75 Å². The lowest BCUT2D eigenvalue weighted by atomic mass is 10.1. The quantitative estimate of drug-likeness (QED) is 0.677. The number of thioether (sulfide) groups is 1. The molecule has 0 rings (SSSR count). The van der Waals surface area contributed by atoms with Crippen molar-refractivity contribution in [3.05, 3.63) is 0 Å². The fourth-order valence-electron chi connectivity index (χ4n) is 0.476. The molecule has 70 valence electrons. The summed E-state index contributed by atoms with van der Waals surface area (Å²) in [7, 11) is 0. The molecule has 0 unspecified atom stereocenters. The van der Waals surface area contributed by atoms with Crippen molar-refractivity contribution >= 4 is 22.7 Å². The summed E-state index contributed by atoms with van der Waals surface area (Å²) in [5.41, 5.74) is 0. The Balaban J connectivity index is 3.69. The van der Waals surface area contributed by atoms with E-state index in [0.29, 0.717) is 5.75 Å². The Morgan fingerprint density at radius 1 is 1.08 bits per heavy atom. The van der Waals surface area contributed by atoms with Gasteiger partial charge in [0, 0.05) is 11.8 Å². The topological polar surface area (TPSA) is 34.1 Å². The summed E-state index contributed by atoms with van der Waals surface area (Å²) in [5, 5.41) is 0.101. The van der Waals surface area contributed by atoms with Crippen molar-refractivity contribution in [3.8, 4) is 0 Å². The third kappa shape index (κ3) is 4.54. The fraction of sp³-hybridized carbons (Fsp3) is 0.778. The molecule has 0 heterocycles. The van der Waals surface area contributed by atoms with Crippen LogP contribution in [0.3, 0.4) is 0 Å². The van der Waals surface area contributed by atoms with E-state index in [1.54, 1.807) is 0 Å². The minimum absolute atomic E-state index is 0.0231. The summed E-state index contributed by atoms with van der Waals surface area (Å²) in [6.07, 6.45) is 0. The molecule has 0 fully saturated rings. The van der Waals surface area contributed by atoms with Gasteiger partial charge in [0.2, 0.25) is 0 Å². The highest BCUT2D eigenvalue weighted by Gasteiger charge is 2.12. The van der Waals surface area contributed by atoms with Crippen LogP contribution in [0.2, 0.25) is 0 Å². The van der Waals surface area contributed by atoms with Crippen LogP contribution < -0.4 is 0 Å². The van der Waals surface area contributed by atoms with Crippen LogP contribution in [-0.2, 0) is 9.59 Å². The van der Waals surface area contributed by atoms with Gasteiger partial charge in [-0.3, -0.25) is 9.59 Å². The van der Waals surface area contributed by atoms with Crippen LogP contribution >= 0.6 is 11.8 Å². The van der Waals surface area contributed by atoms with Crippen LogP contribution in [0.1, 0.15) is 27.7 Å². The number of Topliss-reactive ketones (excluding diaryl/α,β-unsaturated/α-hetero) is 1. The molecule has 0 radical (unpaired) electrons. The maximum absolute atomic E-state index is 11.1. The number of hydrogen-bond donors (Lipinski definition) is 0. The summed E-state index contributed by atoms with van der Waals surface area (Å²) in [4.78, 5) is 22.2. The highest BCUT2D eigenvalue weighted by molar-refractivity contribution is 8.14. The zero-order chi connectivity index (χ0) is 9.72. The van der Waals surface area contributed by atoms with E-state index in [-0.39, 0.29) is 22.7 Å². The highest BCUT2D eigenvalue weighted by Crippen LogP contribution is 2.12. The fourth-order valence-corrected chi connectivity index (χ4v) is 1.43. The predicted octanol–water partition coefficient (Wildman–Crippen LogP) is 2.13. The Kier molecular flexibility index (Phi) is 5.22. The third-order valence-electron chi connectivity index (χ3n) is 1.47. The van der Waals surface area contributed by atoms with Gasteiger partial charge in [-0.2, -0.15) is 0 Å². The molecule has 0 aromatic rings. The first-order chi connectivity index (χ1) is 5.45. The summed E-state index contributed by atoms with van der Waals surface area (Å²) >= 11 is 1.13. The van der Waals surface area contributed by atoms with E-state index in [0.717, 1.165) is 11.8 Å². The maximum Gasteiger partial charge on any atom is 0.191 e. The molecule has 0 aromatic heterocycles. The zero-order valence-corrected chi connectivity index (χ0v) is 8.90. The van der Waals surface area contributed by atoms with Crippen molar-refractivity contribution in [1.29, 1.82) is 0 Å². The van der Waals surface area contributed by atoms with E-state index >= 15 is 0 Å². The van der Waals surface area contributed by atoms with Gasteiger partial charge in [0.05, 0.1) is 5.75 Å². The second-order valence-electron chi connectivity index (χ2n) is 3.38. The Morgan fingerprint density at radius 2 is 1.58 bits per heavy atom. The largest absolute Gasteiger partial charge is 0.298 e. The molecule has 3 heteroatoms. The third-order valence-corrected chi connectivity index (χ3v) is 2.66. The Labute approximate surface area is 78.1 Å². The second-order valence-corrected chi connectivity index (χ2v) is 4.36. The van der Waals surface area contributed by atoms with Gasteiger partial charge in [0.15, 0.2) is 5.12 Å². The molecule has 2 nitrogen and oxygen atoms in total. The van der Waals surface area contributed by atoms with Crippen molar-refractivity contribution in [2.45, 2.75) is 27.7 Å². The SMILES string of the molecule is CC(C)C(=O)CSC(=O)C(C)C. The second kappa shape index (κ2) is 5.36. The Bertz CT molecular complexity index is 153. The molecule has 12 heavy (non-hydrogen) atoms. The van der Waals surface area contributed by atoms with Crippen LogP contribution in [0, 0.1) is 11.8 Å². The van der Waals surface area contributed by atoms with Gasteiger partial charge in [-0.15, -0.1) is 0 Å². The minimum Gasteiger partial charge on any atom is -0.298 e.